The summed E-state index contributed by atoms with van der Waals surface area (Å²) in [6.07, 6.45) is 1.80. The summed E-state index contributed by atoms with van der Waals surface area (Å²) in [5.41, 5.74) is 4.86. The molecule has 0 radical (unpaired) electrons. The molecular weight excluding hydrogens is 180 g/mol. The number of nitrogens with zero attached hydrogens (tertiary/aromatic N) is 1. The monoisotopic (exact) mass is 200 g/mol. The van der Waals surface area contributed by atoms with E-state index < -0.39 is 5.60 Å². The second kappa shape index (κ2) is 4.75. The largest absolute Gasteiger partial charge is 0.365 e. The van der Waals surface area contributed by atoms with Crippen LogP contribution >= 0.6 is 0 Å². The van der Waals surface area contributed by atoms with Gasteiger partial charge in [0, 0.05) is 26.2 Å². The molecule has 0 aromatic heterocycles. The van der Waals surface area contributed by atoms with E-state index in [9.17, 15) is 4.79 Å². The molecule has 1 unspecified atom stereocenters. The number of carbonyl (C=O) groups is 1. The normalized spacial score (nSPS) is 26.5. The molecule has 1 aliphatic heterocycles. The van der Waals surface area contributed by atoms with Crippen molar-refractivity contribution in [3.8, 4) is 0 Å². The number of hydrogen-bond donors (Lipinski definition) is 1. The number of ether oxygens (including phenoxy) is 1. The minimum Gasteiger partial charge on any atom is -0.365 e. The highest BCUT2D eigenvalue weighted by Gasteiger charge is 2.39. The Morgan fingerprint density at radius 3 is 2.79 bits per heavy atom. The molecule has 82 valence electrons. The first kappa shape index (κ1) is 11.5. The standard InChI is InChI=1S/C10H20N2O2/c1-3-12(7-6-11)9(13)10(2)5-4-8-14-10/h3-8,11H2,1-2H3. The predicted molar refractivity (Wildman–Crippen MR) is 54.9 cm³/mol. The lowest BCUT2D eigenvalue weighted by molar-refractivity contribution is -0.150. The number of likely N-dealkylation sites (N-methyl/N-ethyl adjacent to an activating group) is 1. The zero-order valence-electron chi connectivity index (χ0n) is 9.08. The molecule has 0 aromatic rings. The zero-order valence-corrected chi connectivity index (χ0v) is 9.08. The number of rotatable bonds is 4. The molecule has 14 heavy (non-hydrogen) atoms. The van der Waals surface area contributed by atoms with Gasteiger partial charge in [-0.3, -0.25) is 4.79 Å². The van der Waals surface area contributed by atoms with Gasteiger partial charge in [-0.05, 0) is 26.7 Å². The first-order valence-corrected chi connectivity index (χ1v) is 5.27. The maximum atomic E-state index is 12.0. The number of amides is 1. The fourth-order valence-electron chi connectivity index (χ4n) is 1.84. The van der Waals surface area contributed by atoms with E-state index in [4.69, 9.17) is 10.5 Å². The highest BCUT2D eigenvalue weighted by molar-refractivity contribution is 5.85. The molecule has 1 aliphatic rings. The van der Waals surface area contributed by atoms with E-state index in [2.05, 4.69) is 0 Å². The van der Waals surface area contributed by atoms with Crippen LogP contribution in [0.5, 0.6) is 0 Å². The van der Waals surface area contributed by atoms with Gasteiger partial charge in [-0.25, -0.2) is 0 Å². The fourth-order valence-corrected chi connectivity index (χ4v) is 1.84. The topological polar surface area (TPSA) is 55.6 Å². The van der Waals surface area contributed by atoms with Crippen molar-refractivity contribution < 1.29 is 9.53 Å². The summed E-state index contributed by atoms with van der Waals surface area (Å²) in [7, 11) is 0. The first-order chi connectivity index (χ1) is 6.64. The van der Waals surface area contributed by atoms with Crippen molar-refractivity contribution in [3.63, 3.8) is 0 Å². The van der Waals surface area contributed by atoms with Crippen LogP contribution in [0.2, 0.25) is 0 Å². The van der Waals surface area contributed by atoms with E-state index in [0.717, 1.165) is 12.8 Å². The highest BCUT2D eigenvalue weighted by Crippen LogP contribution is 2.26. The summed E-state index contributed by atoms with van der Waals surface area (Å²) in [4.78, 5) is 13.8. The van der Waals surface area contributed by atoms with Crippen LogP contribution in [0.15, 0.2) is 0 Å². The summed E-state index contributed by atoms with van der Waals surface area (Å²) in [5, 5.41) is 0. The third-order valence-corrected chi connectivity index (χ3v) is 2.74. The predicted octanol–water partition coefficient (Wildman–Crippen LogP) is 0.363. The van der Waals surface area contributed by atoms with E-state index in [1.54, 1.807) is 4.90 Å². The molecule has 1 amide bonds. The van der Waals surface area contributed by atoms with Crippen LogP contribution in [0.4, 0.5) is 0 Å². The Balaban J connectivity index is 2.61. The van der Waals surface area contributed by atoms with Gasteiger partial charge in [0.25, 0.3) is 5.91 Å². The second-order valence-electron chi connectivity index (χ2n) is 3.86. The Labute approximate surface area is 85.4 Å². The van der Waals surface area contributed by atoms with Crippen molar-refractivity contribution in [2.24, 2.45) is 5.73 Å². The SMILES string of the molecule is CCN(CCN)C(=O)C1(C)CCCO1. The Morgan fingerprint density at radius 1 is 1.64 bits per heavy atom. The third-order valence-electron chi connectivity index (χ3n) is 2.74. The highest BCUT2D eigenvalue weighted by atomic mass is 16.5. The van der Waals surface area contributed by atoms with E-state index in [-0.39, 0.29) is 5.91 Å². The van der Waals surface area contributed by atoms with Gasteiger partial charge >= 0.3 is 0 Å². The molecule has 1 rings (SSSR count). The number of hydrogen-bond acceptors (Lipinski definition) is 3. The van der Waals surface area contributed by atoms with E-state index in [1.807, 2.05) is 13.8 Å². The number of carbonyl (C=O) groups excluding carboxylic acids is 1. The van der Waals surface area contributed by atoms with Gasteiger partial charge in [0.15, 0.2) is 0 Å². The smallest absolute Gasteiger partial charge is 0.254 e. The molecule has 2 N–H and O–H groups in total. The van der Waals surface area contributed by atoms with Gasteiger partial charge in [0.05, 0.1) is 0 Å². The molecule has 4 heteroatoms. The van der Waals surface area contributed by atoms with Crippen molar-refractivity contribution in [2.45, 2.75) is 32.3 Å². The van der Waals surface area contributed by atoms with E-state index in [1.165, 1.54) is 0 Å². The van der Waals surface area contributed by atoms with Crippen LogP contribution in [0, 0.1) is 0 Å². The summed E-state index contributed by atoms with van der Waals surface area (Å²) in [6.45, 7) is 6.37. The minimum absolute atomic E-state index is 0.0861. The lowest BCUT2D eigenvalue weighted by atomic mass is 10.0. The summed E-state index contributed by atoms with van der Waals surface area (Å²) in [5.74, 6) is 0.0861. The lowest BCUT2D eigenvalue weighted by Gasteiger charge is -2.30. The van der Waals surface area contributed by atoms with Gasteiger partial charge < -0.3 is 15.4 Å². The van der Waals surface area contributed by atoms with Gasteiger partial charge in [0.1, 0.15) is 5.60 Å². The second-order valence-corrected chi connectivity index (χ2v) is 3.86. The van der Waals surface area contributed by atoms with Crippen LogP contribution in [0.1, 0.15) is 26.7 Å². The maximum Gasteiger partial charge on any atom is 0.254 e. The van der Waals surface area contributed by atoms with Gasteiger partial charge in [-0.15, -0.1) is 0 Å². The van der Waals surface area contributed by atoms with Gasteiger partial charge in [0.2, 0.25) is 0 Å². The summed E-state index contributed by atoms with van der Waals surface area (Å²) in [6, 6.07) is 0. The van der Waals surface area contributed by atoms with Crippen LogP contribution in [-0.4, -0.2) is 42.6 Å². The fraction of sp³-hybridized carbons (Fsp3) is 0.900. The average molecular weight is 200 g/mol. The molecule has 0 saturated carbocycles. The minimum atomic E-state index is -0.592. The third kappa shape index (κ3) is 2.25. The Morgan fingerprint density at radius 2 is 2.36 bits per heavy atom. The molecule has 0 aromatic carbocycles. The van der Waals surface area contributed by atoms with Crippen molar-refractivity contribution in [1.82, 2.24) is 4.90 Å². The summed E-state index contributed by atoms with van der Waals surface area (Å²) < 4.78 is 5.50. The van der Waals surface area contributed by atoms with Crippen LogP contribution < -0.4 is 5.73 Å². The Bertz CT molecular complexity index is 200. The summed E-state index contributed by atoms with van der Waals surface area (Å²) >= 11 is 0. The molecular formula is C10H20N2O2. The number of nitrogens with two attached hydrogens (primary N) is 1. The Hall–Kier alpha value is -0.610. The zero-order chi connectivity index (χ0) is 10.6. The van der Waals surface area contributed by atoms with Crippen LogP contribution in [-0.2, 0) is 9.53 Å². The molecule has 0 spiro atoms. The lowest BCUT2D eigenvalue weighted by Crippen LogP contribution is -2.48. The van der Waals surface area contributed by atoms with Crippen LogP contribution in [0.3, 0.4) is 0 Å². The molecule has 0 bridgehead atoms. The average Bonchev–Trinajstić information content (AvgIpc) is 2.62. The molecule has 0 aliphatic carbocycles. The van der Waals surface area contributed by atoms with Gasteiger partial charge in [-0.1, -0.05) is 0 Å². The molecule has 1 fully saturated rings. The van der Waals surface area contributed by atoms with Crippen molar-refractivity contribution in [3.05, 3.63) is 0 Å². The molecule has 1 atom stereocenters. The van der Waals surface area contributed by atoms with Crippen molar-refractivity contribution >= 4 is 5.91 Å². The first-order valence-electron chi connectivity index (χ1n) is 5.27. The van der Waals surface area contributed by atoms with Crippen LogP contribution in [0.25, 0.3) is 0 Å². The molecule has 4 nitrogen and oxygen atoms in total. The van der Waals surface area contributed by atoms with Crippen molar-refractivity contribution in [2.75, 3.05) is 26.2 Å². The maximum absolute atomic E-state index is 12.0. The molecule has 1 saturated heterocycles. The van der Waals surface area contributed by atoms with Crippen molar-refractivity contribution in [1.29, 1.82) is 0 Å². The Kier molecular flexibility index (Phi) is 3.89. The quantitative estimate of drug-likeness (QED) is 0.713. The van der Waals surface area contributed by atoms with E-state index >= 15 is 0 Å². The van der Waals surface area contributed by atoms with Gasteiger partial charge in [-0.2, -0.15) is 0 Å². The van der Waals surface area contributed by atoms with E-state index in [0.29, 0.717) is 26.2 Å². The molecule has 1 heterocycles.